The molecule has 1 aromatic carbocycles. The topological polar surface area (TPSA) is 101 Å². The van der Waals surface area contributed by atoms with E-state index in [4.69, 9.17) is 5.73 Å². The highest BCUT2D eigenvalue weighted by atomic mass is 79.9. The summed E-state index contributed by atoms with van der Waals surface area (Å²) in [6.07, 6.45) is 0. The van der Waals surface area contributed by atoms with Crippen molar-refractivity contribution in [2.75, 3.05) is 10.5 Å². The smallest absolute Gasteiger partial charge is 0.266 e. The summed E-state index contributed by atoms with van der Waals surface area (Å²) in [5, 5.41) is 6.73. The van der Waals surface area contributed by atoms with Crippen LogP contribution in [0.2, 0.25) is 0 Å². The van der Waals surface area contributed by atoms with Gasteiger partial charge in [0.2, 0.25) is 0 Å². The number of hydrogen-bond acceptors (Lipinski definition) is 4. The Bertz CT molecular complexity index is 748. The lowest BCUT2D eigenvalue weighted by Gasteiger charge is -2.10. The van der Waals surface area contributed by atoms with Gasteiger partial charge in [-0.2, -0.15) is 5.10 Å². The molecular weight excluding hydrogens is 424 g/mol. The van der Waals surface area contributed by atoms with Gasteiger partial charge in [-0.3, -0.25) is 9.82 Å². The third kappa shape index (κ3) is 3.58. The largest absolute Gasteiger partial charge is 0.398 e. The van der Waals surface area contributed by atoms with Gasteiger partial charge in [-0.15, -0.1) is 0 Å². The van der Waals surface area contributed by atoms with Gasteiger partial charge in [0.05, 0.1) is 5.69 Å². The van der Waals surface area contributed by atoms with Crippen molar-refractivity contribution < 1.29 is 8.42 Å². The molecule has 21 heavy (non-hydrogen) atoms. The van der Waals surface area contributed by atoms with Gasteiger partial charge < -0.3 is 5.73 Å². The second-order valence-corrected chi connectivity index (χ2v) is 8.16. The Kier molecular flexibility index (Phi) is 4.64. The summed E-state index contributed by atoms with van der Waals surface area (Å²) in [4.78, 5) is -0.0141. The molecule has 0 amide bonds. The fourth-order valence-corrected chi connectivity index (χ4v) is 4.80. The number of benzene rings is 1. The Balaban J connectivity index is 2.38. The molecule has 0 aliphatic rings. The molecular formula is C12H14Br2N4O2S. The Morgan fingerprint density at radius 3 is 2.48 bits per heavy atom. The van der Waals surface area contributed by atoms with Crippen molar-refractivity contribution in [2.45, 2.75) is 24.7 Å². The van der Waals surface area contributed by atoms with Gasteiger partial charge in [-0.25, -0.2) is 8.42 Å². The maximum Gasteiger partial charge on any atom is 0.266 e. The standard InChI is InChI=1S/C12H14Br2N4O2S/c1-6(2)10-5-11(17-16-10)18-21(19,20)12-8(14)3-7(13)4-9(12)15/h3-6H,15H2,1-2H3,(H2,16,17,18). The minimum Gasteiger partial charge on any atom is -0.398 e. The molecule has 0 spiro atoms. The van der Waals surface area contributed by atoms with E-state index in [2.05, 4.69) is 46.8 Å². The lowest BCUT2D eigenvalue weighted by molar-refractivity contribution is 0.601. The summed E-state index contributed by atoms with van der Waals surface area (Å²) < 4.78 is 28.4. The number of nitrogens with one attached hydrogen (secondary N) is 2. The molecule has 2 rings (SSSR count). The first-order chi connectivity index (χ1) is 9.70. The van der Waals surface area contributed by atoms with Crippen LogP contribution >= 0.6 is 31.9 Å². The van der Waals surface area contributed by atoms with Crippen molar-refractivity contribution in [2.24, 2.45) is 0 Å². The van der Waals surface area contributed by atoms with Crippen molar-refractivity contribution in [3.05, 3.63) is 32.8 Å². The number of sulfonamides is 1. The number of aromatic amines is 1. The minimum atomic E-state index is -3.83. The van der Waals surface area contributed by atoms with Crippen LogP contribution in [0.5, 0.6) is 0 Å². The quantitative estimate of drug-likeness (QED) is 0.637. The van der Waals surface area contributed by atoms with E-state index in [0.29, 0.717) is 8.95 Å². The monoisotopic (exact) mass is 436 g/mol. The van der Waals surface area contributed by atoms with Gasteiger partial charge in [0.15, 0.2) is 5.82 Å². The molecule has 1 aromatic heterocycles. The van der Waals surface area contributed by atoms with Crippen LogP contribution in [0, 0.1) is 0 Å². The molecule has 0 saturated heterocycles. The number of H-pyrrole nitrogens is 1. The van der Waals surface area contributed by atoms with E-state index in [1.165, 1.54) is 6.07 Å². The van der Waals surface area contributed by atoms with Gasteiger partial charge in [0, 0.05) is 20.7 Å². The predicted octanol–water partition coefficient (Wildman–Crippen LogP) is 3.44. The number of nitrogens with two attached hydrogens (primary N) is 1. The number of nitrogens with zero attached hydrogens (tertiary/aromatic N) is 1. The van der Waals surface area contributed by atoms with Crippen LogP contribution < -0.4 is 10.5 Å². The van der Waals surface area contributed by atoms with Crippen LogP contribution in [-0.4, -0.2) is 18.6 Å². The highest BCUT2D eigenvalue weighted by molar-refractivity contribution is 9.11. The van der Waals surface area contributed by atoms with Gasteiger partial charge in [0.25, 0.3) is 10.0 Å². The molecule has 2 aromatic rings. The molecule has 0 radical (unpaired) electrons. The number of hydrogen-bond donors (Lipinski definition) is 3. The van der Waals surface area contributed by atoms with Crippen LogP contribution in [0.15, 0.2) is 32.0 Å². The van der Waals surface area contributed by atoms with E-state index in [0.717, 1.165) is 5.69 Å². The number of nitrogen functional groups attached to an aromatic ring is 1. The summed E-state index contributed by atoms with van der Waals surface area (Å²) in [6, 6.07) is 4.81. The molecule has 6 nitrogen and oxygen atoms in total. The summed E-state index contributed by atoms with van der Waals surface area (Å²) in [7, 11) is -3.83. The van der Waals surface area contributed by atoms with Crippen LogP contribution in [0.3, 0.4) is 0 Å². The first-order valence-electron chi connectivity index (χ1n) is 6.03. The van der Waals surface area contributed by atoms with Crippen LogP contribution in [-0.2, 0) is 10.0 Å². The van der Waals surface area contributed by atoms with E-state index < -0.39 is 10.0 Å². The lowest BCUT2D eigenvalue weighted by atomic mass is 10.1. The van der Waals surface area contributed by atoms with Gasteiger partial charge >= 0.3 is 0 Å². The summed E-state index contributed by atoms with van der Waals surface area (Å²) in [6.45, 7) is 3.96. The molecule has 0 bridgehead atoms. The second kappa shape index (κ2) is 5.98. The molecule has 1 heterocycles. The van der Waals surface area contributed by atoms with Gasteiger partial charge in [-0.1, -0.05) is 29.8 Å². The Morgan fingerprint density at radius 1 is 1.29 bits per heavy atom. The Morgan fingerprint density at radius 2 is 1.95 bits per heavy atom. The molecule has 0 aliphatic heterocycles. The maximum absolute atomic E-state index is 12.4. The molecule has 114 valence electrons. The zero-order valence-electron chi connectivity index (χ0n) is 11.3. The van der Waals surface area contributed by atoms with Crippen LogP contribution in [0.1, 0.15) is 25.5 Å². The SMILES string of the molecule is CC(C)c1cc(NS(=O)(=O)c2c(N)cc(Br)cc2Br)n[nH]1. The summed E-state index contributed by atoms with van der Waals surface area (Å²) >= 11 is 6.48. The number of halogens is 2. The molecule has 0 unspecified atom stereocenters. The number of anilines is 2. The fraction of sp³-hybridized carbons (Fsp3) is 0.250. The summed E-state index contributed by atoms with van der Waals surface area (Å²) in [5.74, 6) is 0.452. The first-order valence-corrected chi connectivity index (χ1v) is 9.10. The van der Waals surface area contributed by atoms with E-state index in [9.17, 15) is 8.42 Å². The zero-order valence-corrected chi connectivity index (χ0v) is 15.3. The van der Waals surface area contributed by atoms with Crippen LogP contribution in [0.25, 0.3) is 0 Å². The fourth-order valence-electron chi connectivity index (χ4n) is 1.74. The van der Waals surface area contributed by atoms with Crippen molar-refractivity contribution >= 4 is 53.4 Å². The minimum absolute atomic E-state index is 0.0141. The molecule has 0 fully saturated rings. The lowest BCUT2D eigenvalue weighted by Crippen LogP contribution is -2.15. The maximum atomic E-state index is 12.4. The number of rotatable bonds is 4. The summed E-state index contributed by atoms with van der Waals surface area (Å²) in [5.41, 5.74) is 6.79. The zero-order chi connectivity index (χ0) is 15.8. The van der Waals surface area contributed by atoms with E-state index >= 15 is 0 Å². The van der Waals surface area contributed by atoms with Crippen molar-refractivity contribution in [1.82, 2.24) is 10.2 Å². The van der Waals surface area contributed by atoms with Gasteiger partial charge in [0.1, 0.15) is 4.90 Å². The average molecular weight is 438 g/mol. The van der Waals surface area contributed by atoms with E-state index in [1.54, 1.807) is 12.1 Å². The normalized spacial score (nSPS) is 11.9. The van der Waals surface area contributed by atoms with Gasteiger partial charge in [-0.05, 0) is 34.0 Å². The van der Waals surface area contributed by atoms with E-state index in [-0.39, 0.29) is 22.3 Å². The molecule has 0 atom stereocenters. The Labute approximate surface area is 139 Å². The Hall–Kier alpha value is -1.06. The average Bonchev–Trinajstić information content (AvgIpc) is 2.74. The van der Waals surface area contributed by atoms with Crippen LogP contribution in [0.4, 0.5) is 11.5 Å². The second-order valence-electron chi connectivity index (χ2n) is 4.77. The molecule has 0 saturated carbocycles. The molecule has 4 N–H and O–H groups in total. The first kappa shape index (κ1) is 16.3. The van der Waals surface area contributed by atoms with Crippen molar-refractivity contribution in [1.29, 1.82) is 0 Å². The third-order valence-electron chi connectivity index (χ3n) is 2.76. The third-order valence-corrected chi connectivity index (χ3v) is 5.58. The predicted molar refractivity (Wildman–Crippen MR) is 89.7 cm³/mol. The van der Waals surface area contributed by atoms with E-state index in [1.807, 2.05) is 13.8 Å². The molecule has 0 aliphatic carbocycles. The van der Waals surface area contributed by atoms with Crippen molar-refractivity contribution in [3.8, 4) is 0 Å². The number of aromatic nitrogens is 2. The molecule has 9 heteroatoms. The highest BCUT2D eigenvalue weighted by Gasteiger charge is 2.23. The highest BCUT2D eigenvalue weighted by Crippen LogP contribution is 2.32. The van der Waals surface area contributed by atoms with Crippen molar-refractivity contribution in [3.63, 3.8) is 0 Å².